The monoisotopic (exact) mass is 403 g/mol. The largest absolute Gasteiger partial charge is 0.465 e. The molecule has 1 atom stereocenters. The number of aryl methyl sites for hydroxylation is 1. The van der Waals surface area contributed by atoms with Gasteiger partial charge in [0.25, 0.3) is 5.91 Å². The van der Waals surface area contributed by atoms with E-state index < -0.39 is 0 Å². The molecule has 2 aromatic heterocycles. The lowest BCUT2D eigenvalue weighted by atomic mass is 9.88. The molecule has 5 rings (SSSR count). The summed E-state index contributed by atoms with van der Waals surface area (Å²) < 4.78 is 8.30. The first-order chi connectivity index (χ1) is 14.3. The van der Waals surface area contributed by atoms with E-state index in [2.05, 4.69) is 36.0 Å². The average Bonchev–Trinajstić information content (AvgIpc) is 3.32. The second kappa shape index (κ2) is 6.62. The summed E-state index contributed by atoms with van der Waals surface area (Å²) in [5.74, 6) is 1.14. The van der Waals surface area contributed by atoms with E-state index in [0.29, 0.717) is 11.5 Å². The van der Waals surface area contributed by atoms with E-state index in [-0.39, 0.29) is 24.3 Å². The van der Waals surface area contributed by atoms with E-state index in [1.165, 1.54) is 11.8 Å². The van der Waals surface area contributed by atoms with Crippen LogP contribution < -0.4 is 5.32 Å². The Labute approximate surface area is 175 Å². The molecule has 0 fully saturated rings. The molecule has 3 aromatic rings. The lowest BCUT2D eigenvalue weighted by molar-refractivity contribution is -0.139. The second-order valence-corrected chi connectivity index (χ2v) is 8.64. The number of rotatable bonds is 3. The van der Waals surface area contributed by atoms with Gasteiger partial charge in [-0.15, -0.1) is 0 Å². The van der Waals surface area contributed by atoms with Crippen molar-refractivity contribution in [1.29, 1.82) is 0 Å². The third kappa shape index (κ3) is 2.70. The molecule has 6 nitrogen and oxygen atoms in total. The number of carbonyl (C=O) groups excluding carboxylic acids is 2. The topological polar surface area (TPSA) is 67.5 Å². The van der Waals surface area contributed by atoms with Crippen molar-refractivity contribution in [2.24, 2.45) is 5.92 Å². The van der Waals surface area contributed by atoms with Crippen LogP contribution in [0.4, 0.5) is 5.69 Å². The van der Waals surface area contributed by atoms with Crippen LogP contribution in [0.1, 0.15) is 43.8 Å². The summed E-state index contributed by atoms with van der Waals surface area (Å²) in [5.41, 5.74) is 4.50. The maximum Gasteiger partial charge on any atom is 0.259 e. The van der Waals surface area contributed by atoms with Crippen molar-refractivity contribution < 1.29 is 14.0 Å². The van der Waals surface area contributed by atoms with Gasteiger partial charge in [-0.2, -0.15) is 0 Å². The molecular formula is C24H25N3O3. The Morgan fingerprint density at radius 1 is 1.27 bits per heavy atom. The summed E-state index contributed by atoms with van der Waals surface area (Å²) in [4.78, 5) is 26.8. The average molecular weight is 403 g/mol. The molecule has 0 unspecified atom stereocenters. The molecule has 6 heteroatoms. The van der Waals surface area contributed by atoms with Gasteiger partial charge in [0, 0.05) is 36.4 Å². The number of hydrogen-bond acceptors (Lipinski definition) is 4. The number of nitrogens with zero attached hydrogens (tertiary/aromatic N) is 2. The zero-order chi connectivity index (χ0) is 21.2. The van der Waals surface area contributed by atoms with Gasteiger partial charge < -0.3 is 14.3 Å². The Balaban J connectivity index is 1.79. The minimum atomic E-state index is -0.363. The Bertz CT molecular complexity index is 1230. The molecule has 2 aliphatic rings. The van der Waals surface area contributed by atoms with E-state index in [0.717, 1.165) is 45.9 Å². The van der Waals surface area contributed by atoms with Crippen LogP contribution in [0, 0.1) is 12.8 Å². The molecule has 0 aliphatic carbocycles. The highest BCUT2D eigenvalue weighted by molar-refractivity contribution is 6.11. The van der Waals surface area contributed by atoms with Crippen LogP contribution in [0.2, 0.25) is 0 Å². The van der Waals surface area contributed by atoms with Gasteiger partial charge in [-0.25, -0.2) is 0 Å². The van der Waals surface area contributed by atoms with E-state index >= 15 is 0 Å². The SMILES string of the molecule is CC(=O)N1CC2=C(C1=O)[C@H](c1ccc(C)o1)c1cn(CC(C)C)c3cccc(c13)N2. The van der Waals surface area contributed by atoms with Crippen LogP contribution in [0.3, 0.4) is 0 Å². The molecule has 154 valence electrons. The summed E-state index contributed by atoms with van der Waals surface area (Å²) in [6.07, 6.45) is 2.15. The van der Waals surface area contributed by atoms with E-state index in [1.807, 2.05) is 31.2 Å². The Kier molecular flexibility index (Phi) is 4.13. The first-order valence-electron chi connectivity index (χ1n) is 10.4. The highest BCUT2D eigenvalue weighted by atomic mass is 16.3. The number of anilines is 1. The number of amides is 2. The maximum atomic E-state index is 13.3. The molecule has 2 aliphatic heterocycles. The number of imide groups is 1. The van der Waals surface area contributed by atoms with Crippen molar-refractivity contribution in [3.8, 4) is 0 Å². The van der Waals surface area contributed by atoms with Crippen molar-refractivity contribution in [2.75, 3.05) is 11.9 Å². The van der Waals surface area contributed by atoms with E-state index in [9.17, 15) is 9.59 Å². The molecule has 4 heterocycles. The predicted octanol–water partition coefficient (Wildman–Crippen LogP) is 4.40. The van der Waals surface area contributed by atoms with Gasteiger partial charge in [0.15, 0.2) is 0 Å². The molecule has 30 heavy (non-hydrogen) atoms. The van der Waals surface area contributed by atoms with Gasteiger partial charge in [-0.1, -0.05) is 19.9 Å². The lowest BCUT2D eigenvalue weighted by Crippen LogP contribution is -2.33. The molecule has 0 saturated carbocycles. The minimum absolute atomic E-state index is 0.249. The first-order valence-corrected chi connectivity index (χ1v) is 10.4. The van der Waals surface area contributed by atoms with Gasteiger partial charge in [0.05, 0.1) is 23.6 Å². The third-order valence-corrected chi connectivity index (χ3v) is 5.93. The van der Waals surface area contributed by atoms with Crippen molar-refractivity contribution in [3.05, 3.63) is 64.9 Å². The summed E-state index contributed by atoms with van der Waals surface area (Å²) in [7, 11) is 0. The number of carbonyl (C=O) groups is 2. The van der Waals surface area contributed by atoms with Gasteiger partial charge >= 0.3 is 0 Å². The Morgan fingerprint density at radius 3 is 2.73 bits per heavy atom. The number of hydrogen-bond donors (Lipinski definition) is 1. The van der Waals surface area contributed by atoms with Crippen molar-refractivity contribution in [3.63, 3.8) is 0 Å². The zero-order valence-corrected chi connectivity index (χ0v) is 17.7. The molecule has 0 bridgehead atoms. The number of nitrogens with one attached hydrogen (secondary N) is 1. The van der Waals surface area contributed by atoms with Gasteiger partial charge in [0.1, 0.15) is 11.5 Å². The minimum Gasteiger partial charge on any atom is -0.465 e. The molecule has 1 N–H and O–H groups in total. The van der Waals surface area contributed by atoms with Crippen LogP contribution in [0.15, 0.2) is 52.2 Å². The molecule has 1 aromatic carbocycles. The van der Waals surface area contributed by atoms with Crippen LogP contribution in [-0.4, -0.2) is 27.8 Å². The summed E-state index contributed by atoms with van der Waals surface area (Å²) in [6, 6.07) is 10.0. The smallest absolute Gasteiger partial charge is 0.259 e. The maximum absolute atomic E-state index is 13.3. The predicted molar refractivity (Wildman–Crippen MR) is 115 cm³/mol. The standard InChI is InChI=1S/C24H25N3O3/c1-13(2)10-26-11-16-21-17(6-5-7-19(21)26)25-18-12-27(15(4)28)24(29)23(18)22(16)20-9-8-14(3)30-20/h5-9,11,13,22,25H,10,12H2,1-4H3/t22-/m0/s1. The van der Waals surface area contributed by atoms with Crippen molar-refractivity contribution in [1.82, 2.24) is 9.47 Å². The fourth-order valence-corrected chi connectivity index (χ4v) is 4.72. The van der Waals surface area contributed by atoms with E-state index in [4.69, 9.17) is 4.42 Å². The normalized spacial score (nSPS) is 18.2. The van der Waals surface area contributed by atoms with Crippen LogP contribution in [-0.2, 0) is 16.1 Å². The van der Waals surface area contributed by atoms with Gasteiger partial charge in [0.2, 0.25) is 5.91 Å². The summed E-state index contributed by atoms with van der Waals surface area (Å²) >= 11 is 0. The molecule has 2 amide bonds. The summed E-state index contributed by atoms with van der Waals surface area (Å²) in [5, 5.41) is 4.59. The van der Waals surface area contributed by atoms with Crippen LogP contribution >= 0.6 is 0 Å². The van der Waals surface area contributed by atoms with Crippen molar-refractivity contribution >= 4 is 28.4 Å². The van der Waals surface area contributed by atoms with Gasteiger partial charge in [-0.05, 0) is 42.7 Å². The number of benzene rings is 1. The fraction of sp³-hybridized carbons (Fsp3) is 0.333. The number of aromatic nitrogens is 1. The fourth-order valence-electron chi connectivity index (χ4n) is 4.72. The zero-order valence-electron chi connectivity index (χ0n) is 17.7. The Morgan fingerprint density at radius 2 is 2.07 bits per heavy atom. The molecular weight excluding hydrogens is 378 g/mol. The Hall–Kier alpha value is -3.28. The van der Waals surface area contributed by atoms with E-state index in [1.54, 1.807) is 0 Å². The highest BCUT2D eigenvalue weighted by Gasteiger charge is 2.42. The van der Waals surface area contributed by atoms with Crippen LogP contribution in [0.25, 0.3) is 10.9 Å². The third-order valence-electron chi connectivity index (χ3n) is 5.93. The van der Waals surface area contributed by atoms with Crippen molar-refractivity contribution in [2.45, 2.75) is 40.2 Å². The second-order valence-electron chi connectivity index (χ2n) is 8.64. The summed E-state index contributed by atoms with van der Waals surface area (Å²) in [6.45, 7) is 8.86. The molecule has 0 saturated heterocycles. The lowest BCUT2D eigenvalue weighted by Gasteiger charge is -2.17. The van der Waals surface area contributed by atoms with Crippen LogP contribution in [0.5, 0.6) is 0 Å². The van der Waals surface area contributed by atoms with Gasteiger partial charge in [-0.3, -0.25) is 14.5 Å². The highest BCUT2D eigenvalue weighted by Crippen LogP contribution is 2.46. The quantitative estimate of drug-likeness (QED) is 0.704. The molecule has 0 spiro atoms. The number of furan rings is 1. The molecule has 0 radical (unpaired) electrons. The first kappa shape index (κ1) is 18.7.